The number of H-pyrrole nitrogens is 1. The number of carbonyl (C=O) groups is 1. The number of nitrogens with zero attached hydrogens (tertiary/aromatic N) is 3. The van der Waals surface area contributed by atoms with Gasteiger partial charge < -0.3 is 19.4 Å². The third-order valence-electron chi connectivity index (χ3n) is 7.09. The van der Waals surface area contributed by atoms with E-state index in [-0.39, 0.29) is 5.54 Å². The SMILES string of the molecule is COC(=O)c1ccc(N2CCN(Cc3ccccc3)CC23CC3)cc1Oc1cnc2[nH]ccc2c1. The minimum absolute atomic E-state index is 0.142. The van der Waals surface area contributed by atoms with Gasteiger partial charge in [0.1, 0.15) is 22.7 Å². The number of nitrogens with one attached hydrogen (secondary N) is 1. The van der Waals surface area contributed by atoms with E-state index in [1.54, 1.807) is 6.20 Å². The van der Waals surface area contributed by atoms with Crippen LogP contribution in [0.25, 0.3) is 11.0 Å². The van der Waals surface area contributed by atoms with Gasteiger partial charge in [-0.3, -0.25) is 4.90 Å². The third-order valence-corrected chi connectivity index (χ3v) is 7.09. The molecule has 6 rings (SSSR count). The van der Waals surface area contributed by atoms with Crippen LogP contribution < -0.4 is 9.64 Å². The number of hydrogen-bond donors (Lipinski definition) is 1. The predicted molar refractivity (Wildman–Crippen MR) is 135 cm³/mol. The molecule has 1 N–H and O–H groups in total. The van der Waals surface area contributed by atoms with Crippen LogP contribution in [0.3, 0.4) is 0 Å². The molecule has 0 bridgehead atoms. The number of carbonyl (C=O) groups excluding carboxylic acids is 1. The molecule has 1 saturated heterocycles. The molecule has 3 heterocycles. The fraction of sp³-hybridized carbons (Fsp3) is 0.286. The first kappa shape index (κ1) is 21.7. The number of ether oxygens (including phenoxy) is 2. The van der Waals surface area contributed by atoms with Gasteiger partial charge in [0.15, 0.2) is 0 Å². The molecule has 1 saturated carbocycles. The summed E-state index contributed by atoms with van der Waals surface area (Å²) in [7, 11) is 1.39. The lowest BCUT2D eigenvalue weighted by Crippen LogP contribution is -2.54. The summed E-state index contributed by atoms with van der Waals surface area (Å²) in [5.74, 6) is 0.637. The normalized spacial score (nSPS) is 17.0. The number of benzene rings is 2. The van der Waals surface area contributed by atoms with Crippen LogP contribution in [0.5, 0.6) is 11.5 Å². The summed E-state index contributed by atoms with van der Waals surface area (Å²) < 4.78 is 11.2. The number of esters is 1. The molecule has 7 nitrogen and oxygen atoms in total. The number of piperazine rings is 1. The number of anilines is 1. The van der Waals surface area contributed by atoms with Crippen molar-refractivity contribution in [3.05, 3.63) is 84.2 Å². The molecule has 0 radical (unpaired) electrons. The Bertz CT molecular complexity index is 1360. The van der Waals surface area contributed by atoms with Crippen LogP contribution in [0.1, 0.15) is 28.8 Å². The number of rotatable bonds is 6. The lowest BCUT2D eigenvalue weighted by molar-refractivity contribution is 0.0598. The van der Waals surface area contributed by atoms with E-state index in [0.29, 0.717) is 17.1 Å². The fourth-order valence-corrected chi connectivity index (χ4v) is 5.16. The monoisotopic (exact) mass is 468 g/mol. The van der Waals surface area contributed by atoms with E-state index in [9.17, 15) is 4.79 Å². The summed E-state index contributed by atoms with van der Waals surface area (Å²) in [6, 6.07) is 20.3. The van der Waals surface area contributed by atoms with Gasteiger partial charge in [0.05, 0.1) is 18.8 Å². The van der Waals surface area contributed by atoms with E-state index in [1.807, 2.05) is 36.5 Å². The van der Waals surface area contributed by atoms with Crippen LogP contribution in [0.15, 0.2) is 73.1 Å². The Morgan fingerprint density at radius 1 is 1.09 bits per heavy atom. The van der Waals surface area contributed by atoms with Gasteiger partial charge in [0.2, 0.25) is 0 Å². The van der Waals surface area contributed by atoms with Gasteiger partial charge in [-0.25, -0.2) is 9.78 Å². The second kappa shape index (κ2) is 8.74. The van der Waals surface area contributed by atoms with Gasteiger partial charge in [-0.05, 0) is 42.7 Å². The Balaban J connectivity index is 1.27. The minimum atomic E-state index is -0.420. The summed E-state index contributed by atoms with van der Waals surface area (Å²) in [4.78, 5) is 25.0. The average Bonchev–Trinajstić information content (AvgIpc) is 3.47. The first-order valence-corrected chi connectivity index (χ1v) is 12.0. The Morgan fingerprint density at radius 2 is 1.94 bits per heavy atom. The molecule has 1 aliphatic carbocycles. The standard InChI is InChI=1S/C28H28N4O3/c1-34-27(33)24-8-7-22(16-25(24)35-23-15-21-9-12-29-26(21)30-17-23)32-14-13-31(19-28(32)10-11-28)18-20-5-3-2-4-6-20/h2-9,12,15-17H,10-11,13-14,18-19H2,1H3,(H,29,30). The zero-order valence-corrected chi connectivity index (χ0v) is 19.7. The predicted octanol–water partition coefficient (Wildman–Crippen LogP) is 5.00. The van der Waals surface area contributed by atoms with E-state index in [0.717, 1.165) is 42.9 Å². The van der Waals surface area contributed by atoms with Crippen LogP contribution in [0.4, 0.5) is 5.69 Å². The van der Waals surface area contributed by atoms with Crippen LogP contribution >= 0.6 is 0 Å². The van der Waals surface area contributed by atoms with E-state index >= 15 is 0 Å². The minimum Gasteiger partial charge on any atom is -0.465 e. The van der Waals surface area contributed by atoms with Crippen LogP contribution in [-0.4, -0.2) is 53.1 Å². The number of aromatic nitrogens is 2. The first-order valence-electron chi connectivity index (χ1n) is 12.0. The topological polar surface area (TPSA) is 70.7 Å². The van der Waals surface area contributed by atoms with E-state index in [4.69, 9.17) is 9.47 Å². The smallest absolute Gasteiger partial charge is 0.341 e. The van der Waals surface area contributed by atoms with Gasteiger partial charge in [0.25, 0.3) is 0 Å². The van der Waals surface area contributed by atoms with Crippen molar-refractivity contribution in [3.8, 4) is 11.5 Å². The Kier molecular flexibility index (Phi) is 5.41. The summed E-state index contributed by atoms with van der Waals surface area (Å²) in [5, 5.41) is 0.949. The van der Waals surface area contributed by atoms with Crippen molar-refractivity contribution in [2.75, 3.05) is 31.6 Å². The molecule has 7 heteroatoms. The van der Waals surface area contributed by atoms with Gasteiger partial charge in [-0.1, -0.05) is 30.3 Å². The molecule has 2 aromatic carbocycles. The maximum atomic E-state index is 12.5. The molecule has 35 heavy (non-hydrogen) atoms. The quantitative estimate of drug-likeness (QED) is 0.402. The zero-order valence-electron chi connectivity index (χ0n) is 19.7. The van der Waals surface area contributed by atoms with Crippen LogP contribution in [-0.2, 0) is 11.3 Å². The number of fused-ring (bicyclic) bond motifs is 1. The average molecular weight is 469 g/mol. The highest BCUT2D eigenvalue weighted by atomic mass is 16.5. The third kappa shape index (κ3) is 4.23. The molecule has 2 fully saturated rings. The number of aromatic amines is 1. The van der Waals surface area contributed by atoms with Crippen molar-refractivity contribution in [2.24, 2.45) is 0 Å². The molecule has 0 atom stereocenters. The Morgan fingerprint density at radius 3 is 2.74 bits per heavy atom. The highest BCUT2D eigenvalue weighted by Crippen LogP contribution is 2.47. The molecule has 1 aliphatic heterocycles. The summed E-state index contributed by atoms with van der Waals surface area (Å²) in [5.41, 5.74) is 3.76. The lowest BCUT2D eigenvalue weighted by atomic mass is 10.1. The van der Waals surface area contributed by atoms with Gasteiger partial charge in [-0.2, -0.15) is 0 Å². The van der Waals surface area contributed by atoms with Gasteiger partial charge in [-0.15, -0.1) is 0 Å². The maximum Gasteiger partial charge on any atom is 0.341 e. The Hall–Kier alpha value is -3.84. The molecule has 178 valence electrons. The first-order chi connectivity index (χ1) is 17.1. The number of methoxy groups -OCH3 is 1. The van der Waals surface area contributed by atoms with Gasteiger partial charge in [0, 0.05) is 49.5 Å². The lowest BCUT2D eigenvalue weighted by Gasteiger charge is -2.44. The highest BCUT2D eigenvalue weighted by molar-refractivity contribution is 5.93. The van der Waals surface area contributed by atoms with E-state index in [1.165, 1.54) is 25.5 Å². The number of pyridine rings is 1. The summed E-state index contributed by atoms with van der Waals surface area (Å²) >= 11 is 0. The van der Waals surface area contributed by atoms with Crippen LogP contribution in [0.2, 0.25) is 0 Å². The van der Waals surface area contributed by atoms with Gasteiger partial charge >= 0.3 is 5.97 Å². The summed E-state index contributed by atoms with van der Waals surface area (Å²) in [6.45, 7) is 3.92. The second-order valence-electron chi connectivity index (χ2n) is 9.43. The van der Waals surface area contributed by atoms with Crippen molar-refractivity contribution < 1.29 is 14.3 Å². The second-order valence-corrected chi connectivity index (χ2v) is 9.43. The fourth-order valence-electron chi connectivity index (χ4n) is 5.16. The summed E-state index contributed by atoms with van der Waals surface area (Å²) in [6.07, 6.45) is 5.84. The molecule has 4 aromatic rings. The number of hydrogen-bond acceptors (Lipinski definition) is 6. The molecule has 1 spiro atoms. The van der Waals surface area contributed by atoms with Crippen LogP contribution in [0, 0.1) is 0 Å². The zero-order chi connectivity index (χ0) is 23.8. The molecule has 2 aliphatic rings. The molecule has 2 aromatic heterocycles. The van der Waals surface area contributed by atoms with E-state index in [2.05, 4.69) is 50.1 Å². The maximum absolute atomic E-state index is 12.5. The van der Waals surface area contributed by atoms with Crippen molar-refractivity contribution in [2.45, 2.75) is 24.9 Å². The van der Waals surface area contributed by atoms with Crippen molar-refractivity contribution in [1.82, 2.24) is 14.9 Å². The molecular formula is C28H28N4O3. The Labute approximate surface area is 204 Å². The highest BCUT2D eigenvalue weighted by Gasteiger charge is 2.51. The molecule has 0 unspecified atom stereocenters. The van der Waals surface area contributed by atoms with Crippen molar-refractivity contribution >= 4 is 22.7 Å². The largest absolute Gasteiger partial charge is 0.465 e. The van der Waals surface area contributed by atoms with E-state index < -0.39 is 5.97 Å². The van der Waals surface area contributed by atoms with Crippen molar-refractivity contribution in [1.29, 1.82) is 0 Å². The molecular weight excluding hydrogens is 440 g/mol. The van der Waals surface area contributed by atoms with Crippen molar-refractivity contribution in [3.63, 3.8) is 0 Å². The molecule has 0 amide bonds.